The van der Waals surface area contributed by atoms with Crippen molar-refractivity contribution in [1.82, 2.24) is 29.5 Å². The summed E-state index contributed by atoms with van der Waals surface area (Å²) in [6, 6.07) is 7.78. The van der Waals surface area contributed by atoms with Crippen LogP contribution in [0.5, 0.6) is 0 Å². The van der Waals surface area contributed by atoms with Crippen LogP contribution in [0, 0.1) is 18.7 Å². The van der Waals surface area contributed by atoms with E-state index >= 15 is 0 Å². The first kappa shape index (κ1) is 17.3. The molecule has 0 saturated heterocycles. The SMILES string of the molecule is Cc1cc(NC(=O)C2CC2)n(-c2nc3c(cnn3-c3ccccc3F)c(=O)[nH]2)n1. The van der Waals surface area contributed by atoms with E-state index in [4.69, 9.17) is 0 Å². The number of hydrogen-bond acceptors (Lipinski definition) is 5. The van der Waals surface area contributed by atoms with E-state index < -0.39 is 11.4 Å². The molecule has 0 atom stereocenters. The third kappa shape index (κ3) is 2.98. The molecule has 4 aromatic rings. The molecule has 29 heavy (non-hydrogen) atoms. The van der Waals surface area contributed by atoms with Gasteiger partial charge in [-0.2, -0.15) is 19.9 Å². The molecule has 0 radical (unpaired) electrons. The van der Waals surface area contributed by atoms with Crippen molar-refractivity contribution in [2.75, 3.05) is 5.32 Å². The lowest BCUT2D eigenvalue weighted by Crippen LogP contribution is -2.19. The van der Waals surface area contributed by atoms with Crippen molar-refractivity contribution in [3.8, 4) is 11.6 Å². The number of H-pyrrole nitrogens is 1. The minimum absolute atomic E-state index is 0.00984. The smallest absolute Gasteiger partial charge is 0.263 e. The predicted molar refractivity (Wildman–Crippen MR) is 103 cm³/mol. The molecule has 1 aliphatic rings. The molecule has 1 saturated carbocycles. The summed E-state index contributed by atoms with van der Waals surface area (Å²) in [6.45, 7) is 1.77. The van der Waals surface area contributed by atoms with Crippen molar-refractivity contribution in [3.63, 3.8) is 0 Å². The number of aromatic nitrogens is 6. The molecule has 0 aliphatic heterocycles. The van der Waals surface area contributed by atoms with E-state index in [1.165, 1.54) is 21.6 Å². The maximum Gasteiger partial charge on any atom is 0.263 e. The zero-order valence-electron chi connectivity index (χ0n) is 15.4. The first-order chi connectivity index (χ1) is 14.0. The Balaban J connectivity index is 1.65. The van der Waals surface area contributed by atoms with Crippen LogP contribution in [0.2, 0.25) is 0 Å². The largest absolute Gasteiger partial charge is 0.310 e. The molecule has 1 amide bonds. The van der Waals surface area contributed by atoms with Gasteiger partial charge >= 0.3 is 0 Å². The molecular formula is C19H16FN7O2. The standard InChI is InChI=1S/C19H16FN7O2/c1-10-8-15(22-17(28)11-6-7-11)27(25-10)19-23-16-12(18(29)24-19)9-21-26(16)14-5-3-2-4-13(14)20/h2-5,8-9,11H,6-7H2,1H3,(H,22,28)(H,23,24,29). The molecule has 3 heterocycles. The summed E-state index contributed by atoms with van der Waals surface area (Å²) in [5.41, 5.74) is 0.550. The topological polar surface area (TPSA) is 110 Å². The quantitative estimate of drug-likeness (QED) is 0.552. The number of benzene rings is 1. The number of para-hydroxylation sites is 1. The number of fused-ring (bicyclic) bond motifs is 1. The van der Waals surface area contributed by atoms with Crippen LogP contribution in [0.15, 0.2) is 41.3 Å². The number of rotatable bonds is 4. The van der Waals surface area contributed by atoms with Crippen molar-refractivity contribution >= 4 is 22.8 Å². The number of amides is 1. The number of nitrogens with one attached hydrogen (secondary N) is 2. The molecule has 9 nitrogen and oxygen atoms in total. The molecule has 0 unspecified atom stereocenters. The number of nitrogens with zero attached hydrogens (tertiary/aromatic N) is 5. The average Bonchev–Trinajstić information content (AvgIpc) is 3.36. The zero-order chi connectivity index (χ0) is 20.1. The van der Waals surface area contributed by atoms with Gasteiger partial charge in [0.1, 0.15) is 22.7 Å². The molecule has 1 aliphatic carbocycles. The maximum atomic E-state index is 14.3. The van der Waals surface area contributed by atoms with Crippen LogP contribution in [-0.4, -0.2) is 35.4 Å². The van der Waals surface area contributed by atoms with Gasteiger partial charge in [-0.3, -0.25) is 14.6 Å². The Morgan fingerprint density at radius 2 is 2.07 bits per heavy atom. The van der Waals surface area contributed by atoms with E-state index in [1.807, 2.05) is 0 Å². The zero-order valence-corrected chi connectivity index (χ0v) is 15.4. The molecule has 146 valence electrons. The summed E-state index contributed by atoms with van der Waals surface area (Å²) in [5.74, 6) is -0.0753. The third-order valence-corrected chi connectivity index (χ3v) is 4.74. The Hall–Kier alpha value is -3.82. The first-order valence-electron chi connectivity index (χ1n) is 9.12. The molecule has 2 N–H and O–H groups in total. The van der Waals surface area contributed by atoms with Crippen molar-refractivity contribution in [2.24, 2.45) is 5.92 Å². The van der Waals surface area contributed by atoms with Crippen molar-refractivity contribution in [3.05, 3.63) is 58.4 Å². The second kappa shape index (κ2) is 6.36. The van der Waals surface area contributed by atoms with Crippen molar-refractivity contribution < 1.29 is 9.18 Å². The van der Waals surface area contributed by atoms with E-state index in [9.17, 15) is 14.0 Å². The molecule has 1 aromatic carbocycles. The number of aromatic amines is 1. The first-order valence-corrected chi connectivity index (χ1v) is 9.12. The van der Waals surface area contributed by atoms with Crippen LogP contribution in [0.1, 0.15) is 18.5 Å². The molecule has 0 spiro atoms. The van der Waals surface area contributed by atoms with Gasteiger partial charge in [0.15, 0.2) is 5.65 Å². The van der Waals surface area contributed by atoms with E-state index in [0.29, 0.717) is 11.5 Å². The monoisotopic (exact) mass is 393 g/mol. The molecule has 3 aromatic heterocycles. The Morgan fingerprint density at radius 3 is 2.83 bits per heavy atom. The van der Waals surface area contributed by atoms with E-state index in [0.717, 1.165) is 12.8 Å². The summed E-state index contributed by atoms with van der Waals surface area (Å²) in [6.07, 6.45) is 3.06. The average molecular weight is 393 g/mol. The highest BCUT2D eigenvalue weighted by molar-refractivity contribution is 5.93. The molecule has 5 rings (SSSR count). The summed E-state index contributed by atoms with van der Waals surface area (Å²) < 4.78 is 16.9. The Morgan fingerprint density at radius 1 is 1.28 bits per heavy atom. The Kier molecular flexibility index (Phi) is 3.79. The lowest BCUT2D eigenvalue weighted by molar-refractivity contribution is -0.117. The summed E-state index contributed by atoms with van der Waals surface area (Å²) in [5, 5.41) is 11.5. The number of carbonyl (C=O) groups is 1. The highest BCUT2D eigenvalue weighted by atomic mass is 19.1. The van der Waals surface area contributed by atoms with Gasteiger partial charge in [0.25, 0.3) is 5.56 Å². The van der Waals surface area contributed by atoms with Crippen molar-refractivity contribution in [1.29, 1.82) is 0 Å². The fourth-order valence-corrected chi connectivity index (χ4v) is 3.13. The Labute approximate surface area is 163 Å². The van der Waals surface area contributed by atoms with Crippen LogP contribution < -0.4 is 10.9 Å². The molecular weight excluding hydrogens is 377 g/mol. The van der Waals surface area contributed by atoms with Crippen molar-refractivity contribution in [2.45, 2.75) is 19.8 Å². The minimum Gasteiger partial charge on any atom is -0.310 e. The number of carbonyl (C=O) groups excluding carboxylic acids is 1. The van der Waals surface area contributed by atoms with Gasteiger partial charge in [-0.05, 0) is 31.9 Å². The normalized spacial score (nSPS) is 13.7. The highest BCUT2D eigenvalue weighted by Gasteiger charge is 2.30. The highest BCUT2D eigenvalue weighted by Crippen LogP contribution is 2.30. The Bertz CT molecular complexity index is 1320. The maximum absolute atomic E-state index is 14.3. The van der Waals surface area contributed by atoms with Gasteiger partial charge in [0, 0.05) is 12.0 Å². The molecule has 10 heteroatoms. The lowest BCUT2D eigenvalue weighted by atomic mass is 10.3. The van der Waals surface area contributed by atoms with Gasteiger partial charge in [0.05, 0.1) is 11.9 Å². The number of hydrogen-bond donors (Lipinski definition) is 2. The predicted octanol–water partition coefficient (Wildman–Crippen LogP) is 2.09. The fraction of sp³-hybridized carbons (Fsp3) is 0.211. The van der Waals surface area contributed by atoms with Gasteiger partial charge < -0.3 is 5.32 Å². The van der Waals surface area contributed by atoms with Crippen LogP contribution in [0.25, 0.3) is 22.7 Å². The number of halogens is 1. The van der Waals surface area contributed by atoms with E-state index in [2.05, 4.69) is 25.5 Å². The van der Waals surface area contributed by atoms with E-state index in [1.54, 1.807) is 31.2 Å². The molecule has 0 bridgehead atoms. The fourth-order valence-electron chi connectivity index (χ4n) is 3.13. The van der Waals surface area contributed by atoms with Gasteiger partial charge in [0.2, 0.25) is 11.9 Å². The minimum atomic E-state index is -0.492. The van der Waals surface area contributed by atoms with Crippen LogP contribution >= 0.6 is 0 Å². The van der Waals surface area contributed by atoms with Crippen LogP contribution in [0.4, 0.5) is 10.2 Å². The van der Waals surface area contributed by atoms with Crippen LogP contribution in [0.3, 0.4) is 0 Å². The van der Waals surface area contributed by atoms with Gasteiger partial charge in [-0.1, -0.05) is 12.1 Å². The second-order valence-electron chi connectivity index (χ2n) is 6.98. The third-order valence-electron chi connectivity index (χ3n) is 4.74. The summed E-state index contributed by atoms with van der Waals surface area (Å²) in [4.78, 5) is 31.9. The summed E-state index contributed by atoms with van der Waals surface area (Å²) in [7, 11) is 0. The molecule has 1 fully saturated rings. The van der Waals surface area contributed by atoms with Gasteiger partial charge in [-0.15, -0.1) is 0 Å². The van der Waals surface area contributed by atoms with Crippen LogP contribution in [-0.2, 0) is 4.79 Å². The number of anilines is 1. The van der Waals surface area contributed by atoms with E-state index in [-0.39, 0.29) is 34.5 Å². The lowest BCUT2D eigenvalue weighted by Gasteiger charge is -2.09. The van der Waals surface area contributed by atoms with Gasteiger partial charge in [-0.25, -0.2) is 9.07 Å². The number of aryl methyl sites for hydroxylation is 1. The summed E-state index contributed by atoms with van der Waals surface area (Å²) >= 11 is 0. The second-order valence-corrected chi connectivity index (χ2v) is 6.98.